The van der Waals surface area contributed by atoms with Gasteiger partial charge < -0.3 is 89.9 Å². The summed E-state index contributed by atoms with van der Waals surface area (Å²) in [7, 11) is 0. The van der Waals surface area contributed by atoms with Gasteiger partial charge in [0.25, 0.3) is 0 Å². The lowest BCUT2D eigenvalue weighted by molar-refractivity contribution is -0.379. The van der Waals surface area contributed by atoms with E-state index in [-0.39, 0.29) is 18.9 Å². The highest BCUT2D eigenvalue weighted by atomic mass is 16.8. The first-order valence-electron chi connectivity index (χ1n) is 28.4. The van der Waals surface area contributed by atoms with Crippen LogP contribution in [0.5, 0.6) is 0 Å². The third-order valence-electron chi connectivity index (χ3n) is 14.1. The third kappa shape index (κ3) is 24.8. The van der Waals surface area contributed by atoms with E-state index in [9.17, 15) is 61.0 Å². The molecule has 3 aliphatic rings. The number of unbranched alkanes of at least 4 members (excludes halogenated alkanes) is 18. The summed E-state index contributed by atoms with van der Waals surface area (Å²) in [4.78, 5) is 13.3. The fraction of sp³-hybridized carbons (Fsp3) is 0.839. The van der Waals surface area contributed by atoms with Gasteiger partial charge in [0.05, 0.1) is 38.6 Å². The van der Waals surface area contributed by atoms with Crippen molar-refractivity contribution in [1.82, 2.24) is 5.32 Å². The predicted octanol–water partition coefficient (Wildman–Crippen LogP) is 3.92. The topological polar surface area (TPSA) is 307 Å². The summed E-state index contributed by atoms with van der Waals surface area (Å²) in [6, 6.07) is -0.997. The lowest BCUT2D eigenvalue weighted by atomic mass is 9.96. The van der Waals surface area contributed by atoms with E-state index < -0.39 is 124 Å². The minimum absolute atomic E-state index is 0.226. The number of carbonyl (C=O) groups excluding carboxylic acids is 1. The number of ether oxygens (including phenoxy) is 6. The first-order valence-corrected chi connectivity index (χ1v) is 28.4. The molecule has 0 saturated carbocycles. The van der Waals surface area contributed by atoms with Gasteiger partial charge in [-0.3, -0.25) is 4.79 Å². The van der Waals surface area contributed by atoms with E-state index in [1.165, 1.54) is 77.0 Å². The fourth-order valence-corrected chi connectivity index (χ4v) is 9.32. The van der Waals surface area contributed by atoms with Crippen LogP contribution in [0.3, 0.4) is 0 Å². The van der Waals surface area contributed by atoms with E-state index in [0.717, 1.165) is 57.8 Å². The second-order valence-corrected chi connectivity index (χ2v) is 20.4. The zero-order chi connectivity index (χ0) is 54.8. The Morgan fingerprint density at radius 2 is 0.867 bits per heavy atom. The number of hydrogen-bond acceptors (Lipinski definition) is 18. The molecule has 3 saturated heterocycles. The second kappa shape index (κ2) is 40.0. The molecule has 17 atom stereocenters. The van der Waals surface area contributed by atoms with Crippen LogP contribution in [0.15, 0.2) is 48.6 Å². The standard InChI is InChI=1S/C56H99NO18/c1-3-5-7-9-11-13-15-17-18-19-20-21-22-24-26-28-30-32-34-44(62)57-39(40(61)33-31-29-27-25-23-16-14-12-10-8-6-4-2)38-70-54-50(68)47(65)52(42(36-59)72-54)75-56-51(69)48(66)53(43(37-60)73-56)74-55-49(67)46(64)45(63)41(35-58)71-55/h10,12,18-19,23,25,31,33,39-43,45-56,58-61,63-69H,3-9,11,13-17,20-22,24,26-30,32,34-38H2,1-2H3,(H,57,62)/b12-10+,19-18-,25-23+,33-31+. The van der Waals surface area contributed by atoms with E-state index in [2.05, 4.69) is 55.6 Å². The van der Waals surface area contributed by atoms with Gasteiger partial charge in [-0.15, -0.1) is 0 Å². The van der Waals surface area contributed by atoms with Crippen LogP contribution in [-0.4, -0.2) is 193 Å². The molecule has 0 bridgehead atoms. The molecule has 436 valence electrons. The highest BCUT2D eigenvalue weighted by Gasteiger charge is 2.53. The van der Waals surface area contributed by atoms with E-state index in [1.54, 1.807) is 6.08 Å². The van der Waals surface area contributed by atoms with Crippen molar-refractivity contribution < 1.29 is 89.4 Å². The summed E-state index contributed by atoms with van der Waals surface area (Å²) in [6.07, 6.45) is 15.4. The number of rotatable bonds is 40. The normalized spacial score (nSPS) is 31.6. The lowest BCUT2D eigenvalue weighted by Gasteiger charge is -2.48. The first-order chi connectivity index (χ1) is 36.3. The largest absolute Gasteiger partial charge is 0.394 e. The van der Waals surface area contributed by atoms with Crippen molar-refractivity contribution in [1.29, 1.82) is 0 Å². The van der Waals surface area contributed by atoms with E-state index in [1.807, 2.05) is 6.08 Å². The number of aliphatic hydroxyl groups is 11. The van der Waals surface area contributed by atoms with Gasteiger partial charge in [-0.25, -0.2) is 0 Å². The Hall–Kier alpha value is -2.25. The van der Waals surface area contributed by atoms with Gasteiger partial charge in [0.1, 0.15) is 73.2 Å². The number of aliphatic hydroxyl groups excluding tert-OH is 11. The average Bonchev–Trinajstić information content (AvgIpc) is 3.41. The van der Waals surface area contributed by atoms with Crippen molar-refractivity contribution in [2.24, 2.45) is 0 Å². The highest BCUT2D eigenvalue weighted by Crippen LogP contribution is 2.33. The molecule has 0 aromatic carbocycles. The highest BCUT2D eigenvalue weighted by molar-refractivity contribution is 5.76. The molecule has 3 fully saturated rings. The maximum absolute atomic E-state index is 13.3. The van der Waals surface area contributed by atoms with Crippen LogP contribution >= 0.6 is 0 Å². The Morgan fingerprint density at radius 3 is 1.37 bits per heavy atom. The molecule has 0 aliphatic carbocycles. The van der Waals surface area contributed by atoms with Crippen LogP contribution < -0.4 is 5.32 Å². The third-order valence-corrected chi connectivity index (χ3v) is 14.1. The Kier molecular flexibility index (Phi) is 35.8. The lowest BCUT2D eigenvalue weighted by Crippen LogP contribution is -2.66. The molecule has 3 heterocycles. The second-order valence-electron chi connectivity index (χ2n) is 20.4. The van der Waals surface area contributed by atoms with Crippen molar-refractivity contribution in [3.8, 4) is 0 Å². The molecule has 1 amide bonds. The molecule has 0 radical (unpaired) electrons. The van der Waals surface area contributed by atoms with Crippen LogP contribution in [0.4, 0.5) is 0 Å². The van der Waals surface area contributed by atoms with Crippen LogP contribution in [0, 0.1) is 0 Å². The summed E-state index contributed by atoms with van der Waals surface area (Å²) in [5.74, 6) is -0.298. The smallest absolute Gasteiger partial charge is 0.220 e. The molecular formula is C56H99NO18. The summed E-state index contributed by atoms with van der Waals surface area (Å²) < 4.78 is 34.1. The summed E-state index contributed by atoms with van der Waals surface area (Å²) in [6.45, 7) is 1.61. The van der Waals surface area contributed by atoms with Crippen molar-refractivity contribution in [3.05, 3.63) is 48.6 Å². The minimum atomic E-state index is -1.98. The number of nitrogens with one attached hydrogen (secondary N) is 1. The van der Waals surface area contributed by atoms with Crippen molar-refractivity contribution in [2.45, 2.75) is 272 Å². The van der Waals surface area contributed by atoms with Crippen molar-refractivity contribution in [3.63, 3.8) is 0 Å². The van der Waals surface area contributed by atoms with E-state index >= 15 is 0 Å². The minimum Gasteiger partial charge on any atom is -0.394 e. The van der Waals surface area contributed by atoms with E-state index in [4.69, 9.17) is 28.4 Å². The zero-order valence-electron chi connectivity index (χ0n) is 45.0. The number of hydrogen-bond donors (Lipinski definition) is 12. The fourth-order valence-electron chi connectivity index (χ4n) is 9.32. The van der Waals surface area contributed by atoms with Gasteiger partial charge >= 0.3 is 0 Å². The molecule has 12 N–H and O–H groups in total. The summed E-state index contributed by atoms with van der Waals surface area (Å²) in [5, 5.41) is 120. The molecule has 0 aromatic heterocycles. The van der Waals surface area contributed by atoms with E-state index in [0.29, 0.717) is 12.8 Å². The molecular weight excluding hydrogens is 975 g/mol. The molecule has 75 heavy (non-hydrogen) atoms. The van der Waals surface area contributed by atoms with Gasteiger partial charge in [0.15, 0.2) is 18.9 Å². The average molecular weight is 1070 g/mol. The van der Waals surface area contributed by atoms with Crippen LogP contribution in [0.1, 0.15) is 168 Å². The Balaban J connectivity index is 1.53. The maximum atomic E-state index is 13.3. The van der Waals surface area contributed by atoms with Gasteiger partial charge in [-0.2, -0.15) is 0 Å². The van der Waals surface area contributed by atoms with Gasteiger partial charge in [-0.05, 0) is 64.2 Å². The van der Waals surface area contributed by atoms with Crippen molar-refractivity contribution >= 4 is 5.91 Å². The van der Waals surface area contributed by atoms with Crippen LogP contribution in [-0.2, 0) is 33.2 Å². The van der Waals surface area contributed by atoms with Crippen LogP contribution in [0.25, 0.3) is 0 Å². The Morgan fingerprint density at radius 1 is 0.467 bits per heavy atom. The number of carbonyl (C=O) groups is 1. The first kappa shape index (κ1) is 67.0. The molecule has 17 unspecified atom stereocenters. The maximum Gasteiger partial charge on any atom is 0.220 e. The Labute approximate surface area is 446 Å². The summed E-state index contributed by atoms with van der Waals surface area (Å²) in [5.41, 5.74) is 0. The molecule has 3 aliphatic heterocycles. The number of allylic oxidation sites excluding steroid dienone is 7. The molecule has 19 nitrogen and oxygen atoms in total. The SMILES string of the molecule is CCCC/C=C/CC/C=C/CC/C=C/C(O)C(COC1OC(CO)C(OC2OC(CO)C(OC3OC(CO)C(O)C(O)C3O)C(O)C2O)C(O)C1O)NC(=O)CCCCCCCCC/C=C\CCCCCCCCC. The molecule has 3 rings (SSSR count). The zero-order valence-corrected chi connectivity index (χ0v) is 45.0. The molecule has 0 aromatic rings. The number of amides is 1. The monoisotopic (exact) mass is 1070 g/mol. The predicted molar refractivity (Wildman–Crippen MR) is 282 cm³/mol. The van der Waals surface area contributed by atoms with Gasteiger partial charge in [0.2, 0.25) is 5.91 Å². The molecule has 19 heteroatoms. The van der Waals surface area contributed by atoms with Crippen LogP contribution in [0.2, 0.25) is 0 Å². The van der Waals surface area contributed by atoms with Gasteiger partial charge in [-0.1, -0.05) is 146 Å². The Bertz CT molecular complexity index is 1570. The molecule has 0 spiro atoms. The van der Waals surface area contributed by atoms with Gasteiger partial charge in [0, 0.05) is 6.42 Å². The van der Waals surface area contributed by atoms with Crippen molar-refractivity contribution in [2.75, 3.05) is 26.4 Å². The quantitative estimate of drug-likeness (QED) is 0.0306. The summed E-state index contributed by atoms with van der Waals surface area (Å²) >= 11 is 0.